The molecule has 2 unspecified atom stereocenters. The van der Waals surface area contributed by atoms with E-state index in [1.807, 2.05) is 36.4 Å². The summed E-state index contributed by atoms with van der Waals surface area (Å²) in [4.78, 5) is 1.20. The van der Waals surface area contributed by atoms with Crippen molar-refractivity contribution >= 4 is 36.6 Å². The van der Waals surface area contributed by atoms with Crippen LogP contribution in [-0.2, 0) is 41.7 Å². The molecule has 0 aliphatic carbocycles. The molecule has 0 heterocycles. The standard InChI is InChI=1S/C26H20F2N2S2.Ni/c27-19-13-9-17(10-14-19)25(29-21-5-1-3-7-23(21)31)26(18-11-15-20(28)16-12-18)30-22-6-2-4-8-24(22)32;/h1-16,25-26,31-32H;/q-2;/p-2. The molecule has 0 saturated heterocycles. The van der Waals surface area contributed by atoms with Gasteiger partial charge in [-0.3, -0.25) is 0 Å². The first-order valence-electron chi connectivity index (χ1n) is 9.96. The van der Waals surface area contributed by atoms with Crippen LogP contribution in [0.5, 0.6) is 0 Å². The van der Waals surface area contributed by atoms with Gasteiger partial charge in [0.2, 0.25) is 0 Å². The van der Waals surface area contributed by atoms with Crippen molar-refractivity contribution in [2.45, 2.75) is 21.9 Å². The van der Waals surface area contributed by atoms with Gasteiger partial charge in [0.05, 0.1) is 0 Å². The first-order valence-corrected chi connectivity index (χ1v) is 10.8. The number of nitrogens with zero attached hydrogens (tertiary/aromatic N) is 2. The monoisotopic (exact) mass is 518 g/mol. The van der Waals surface area contributed by atoms with E-state index in [0.29, 0.717) is 21.2 Å². The minimum atomic E-state index is -0.542. The number of hydrogen-bond donors (Lipinski definition) is 0. The molecule has 0 aliphatic heterocycles. The zero-order valence-corrected chi connectivity index (χ0v) is 19.8. The van der Waals surface area contributed by atoms with Crippen molar-refractivity contribution in [1.29, 1.82) is 0 Å². The second-order valence-electron chi connectivity index (χ2n) is 7.19. The Morgan fingerprint density at radius 2 is 0.848 bits per heavy atom. The average Bonchev–Trinajstić information content (AvgIpc) is 2.80. The van der Waals surface area contributed by atoms with Gasteiger partial charge < -0.3 is 35.9 Å². The number of benzene rings is 4. The van der Waals surface area contributed by atoms with Crippen LogP contribution < -0.4 is 0 Å². The third-order valence-corrected chi connectivity index (χ3v) is 5.70. The Balaban J connectivity index is 0.00000306. The van der Waals surface area contributed by atoms with E-state index in [-0.39, 0.29) is 28.1 Å². The summed E-state index contributed by atoms with van der Waals surface area (Å²) in [7, 11) is 0. The van der Waals surface area contributed by atoms with Gasteiger partial charge in [-0.25, -0.2) is 8.78 Å². The van der Waals surface area contributed by atoms with E-state index in [1.165, 1.54) is 24.3 Å². The molecule has 172 valence electrons. The zero-order valence-electron chi connectivity index (χ0n) is 17.2. The van der Waals surface area contributed by atoms with Crippen molar-refractivity contribution in [3.8, 4) is 0 Å². The molecule has 4 aromatic carbocycles. The summed E-state index contributed by atoms with van der Waals surface area (Å²) < 4.78 is 27.4. The maximum Gasteiger partial charge on any atom is 0.123 e. The molecule has 0 saturated carbocycles. The quantitative estimate of drug-likeness (QED) is 0.183. The Kier molecular flexibility index (Phi) is 8.62. The SMILES string of the molecule is Fc1ccc(C([N-]c2ccccc2[S-])C([N-]c2ccccc2[S-])c2ccc(F)cc2)cc1.[Ni]. The average molecular weight is 519 g/mol. The van der Waals surface area contributed by atoms with Crippen molar-refractivity contribution in [3.63, 3.8) is 0 Å². The molecule has 33 heavy (non-hydrogen) atoms. The van der Waals surface area contributed by atoms with Gasteiger partial charge in [-0.15, -0.1) is 12.1 Å². The smallest absolute Gasteiger partial charge is 0.123 e. The van der Waals surface area contributed by atoms with Crippen molar-refractivity contribution in [2.24, 2.45) is 0 Å². The maximum absolute atomic E-state index is 13.7. The first kappa shape index (κ1) is 24.9. The summed E-state index contributed by atoms with van der Waals surface area (Å²) in [6.45, 7) is 0. The van der Waals surface area contributed by atoms with E-state index in [0.717, 1.165) is 11.1 Å². The molecule has 2 nitrogen and oxygen atoms in total. The molecule has 0 fully saturated rings. The Morgan fingerprint density at radius 3 is 1.18 bits per heavy atom. The molecule has 0 bridgehead atoms. The minimum Gasteiger partial charge on any atom is -0.781 e. The molecule has 0 spiro atoms. The van der Waals surface area contributed by atoms with Crippen LogP contribution in [0.2, 0.25) is 0 Å². The largest absolute Gasteiger partial charge is 0.781 e. The third kappa shape index (κ3) is 6.20. The van der Waals surface area contributed by atoms with Gasteiger partial charge in [0.15, 0.2) is 0 Å². The molecule has 0 aliphatic rings. The van der Waals surface area contributed by atoms with E-state index in [2.05, 4.69) is 0 Å². The molecule has 2 atom stereocenters. The normalized spacial score (nSPS) is 12.3. The summed E-state index contributed by atoms with van der Waals surface area (Å²) in [6, 6.07) is 25.9. The van der Waals surface area contributed by atoms with Gasteiger partial charge in [0, 0.05) is 16.5 Å². The summed E-state index contributed by atoms with van der Waals surface area (Å²) in [5, 5.41) is 9.87. The number of hydrogen-bond acceptors (Lipinski definition) is 2. The second-order valence-corrected chi connectivity index (χ2v) is 8.07. The van der Waals surface area contributed by atoms with Crippen LogP contribution in [-0.4, -0.2) is 0 Å². The summed E-state index contributed by atoms with van der Waals surface area (Å²) >= 11 is 10.9. The number of halogens is 2. The molecule has 0 radical (unpaired) electrons. The van der Waals surface area contributed by atoms with Crippen LogP contribution in [0.1, 0.15) is 23.2 Å². The third-order valence-electron chi connectivity index (χ3n) is 5.01. The van der Waals surface area contributed by atoms with E-state index < -0.39 is 12.1 Å². The molecule has 0 aromatic heterocycles. The molecule has 4 aromatic rings. The van der Waals surface area contributed by atoms with Gasteiger partial charge in [-0.1, -0.05) is 83.9 Å². The predicted molar refractivity (Wildman–Crippen MR) is 128 cm³/mol. The van der Waals surface area contributed by atoms with E-state index in [4.69, 9.17) is 35.9 Å². The second kappa shape index (κ2) is 11.4. The molecular weight excluding hydrogens is 501 g/mol. The van der Waals surface area contributed by atoms with Crippen LogP contribution in [0.4, 0.5) is 20.2 Å². The Labute approximate surface area is 213 Å². The van der Waals surface area contributed by atoms with Gasteiger partial charge >= 0.3 is 0 Å². The predicted octanol–water partition coefficient (Wildman–Crippen LogP) is 7.97. The first-order chi connectivity index (χ1) is 15.5. The van der Waals surface area contributed by atoms with Gasteiger partial charge in [-0.05, 0) is 24.3 Å². The van der Waals surface area contributed by atoms with Gasteiger partial charge in [0.25, 0.3) is 0 Å². The van der Waals surface area contributed by atoms with E-state index >= 15 is 0 Å². The van der Waals surface area contributed by atoms with Crippen molar-refractivity contribution < 1.29 is 25.3 Å². The molecule has 0 amide bonds. The van der Waals surface area contributed by atoms with Crippen LogP contribution in [0.25, 0.3) is 10.6 Å². The summed E-state index contributed by atoms with van der Waals surface area (Å²) in [5.41, 5.74) is 2.77. The topological polar surface area (TPSA) is 28.2 Å². The zero-order chi connectivity index (χ0) is 22.5. The Morgan fingerprint density at radius 1 is 0.515 bits per heavy atom. The van der Waals surface area contributed by atoms with Crippen LogP contribution in [0.3, 0.4) is 0 Å². The van der Waals surface area contributed by atoms with Gasteiger partial charge in [-0.2, -0.15) is 21.2 Å². The van der Waals surface area contributed by atoms with Crippen LogP contribution in [0.15, 0.2) is 107 Å². The summed E-state index contributed by atoms with van der Waals surface area (Å²) in [5.74, 6) is -0.690. The number of para-hydroxylation sites is 2. The van der Waals surface area contributed by atoms with Crippen molar-refractivity contribution in [2.75, 3.05) is 0 Å². The fraction of sp³-hybridized carbons (Fsp3) is 0.0769. The maximum atomic E-state index is 13.7. The fourth-order valence-electron chi connectivity index (χ4n) is 3.40. The van der Waals surface area contributed by atoms with E-state index in [1.54, 1.807) is 36.4 Å². The van der Waals surface area contributed by atoms with E-state index in [9.17, 15) is 8.78 Å². The molecule has 7 heteroatoms. The minimum absolute atomic E-state index is 0. The fourth-order valence-corrected chi connectivity index (χ4v) is 3.80. The van der Waals surface area contributed by atoms with Crippen LogP contribution in [0, 0.1) is 11.6 Å². The molecular formula is C26H18F2N2NiS2-4. The Bertz CT molecular complexity index is 1090. The van der Waals surface area contributed by atoms with Gasteiger partial charge in [0.1, 0.15) is 11.6 Å². The molecule has 0 N–H and O–H groups in total. The van der Waals surface area contributed by atoms with Crippen molar-refractivity contribution in [1.82, 2.24) is 0 Å². The summed E-state index contributed by atoms with van der Waals surface area (Å²) in [6.07, 6.45) is 0. The van der Waals surface area contributed by atoms with Crippen molar-refractivity contribution in [3.05, 3.63) is 130 Å². The Hall–Kier alpha value is -2.73. The van der Waals surface area contributed by atoms with Crippen LogP contribution >= 0.6 is 0 Å². The number of rotatable bonds is 7. The molecule has 4 rings (SSSR count).